The highest BCUT2D eigenvalue weighted by molar-refractivity contribution is 6.09. The van der Waals surface area contributed by atoms with Gasteiger partial charge in [0.15, 0.2) is 5.84 Å². The second-order valence-electron chi connectivity index (χ2n) is 10.6. The van der Waals surface area contributed by atoms with E-state index in [2.05, 4.69) is 15.8 Å². The lowest BCUT2D eigenvalue weighted by molar-refractivity contribution is -0.180. The van der Waals surface area contributed by atoms with E-state index >= 15 is 0 Å². The highest BCUT2D eigenvalue weighted by Gasteiger charge is 2.51. The summed E-state index contributed by atoms with van der Waals surface area (Å²) in [7, 11) is 0. The summed E-state index contributed by atoms with van der Waals surface area (Å²) in [5.41, 5.74) is 0.301. The van der Waals surface area contributed by atoms with Crippen LogP contribution in [0.25, 0.3) is 0 Å². The number of fused-ring (bicyclic) bond motifs is 3. The molecule has 0 radical (unpaired) electrons. The lowest BCUT2D eigenvalue weighted by Gasteiger charge is -2.43. The number of hydrazone groups is 1. The van der Waals surface area contributed by atoms with Crippen molar-refractivity contribution < 1.29 is 32.2 Å². The SMILES string of the molecule is CC1C(=O)NN=C2COc3cc(C(C)(C)C(F)(F)F)c(NC4CN(C(=O)OC(C)(C)C)C4)cc3N21. The van der Waals surface area contributed by atoms with E-state index in [1.807, 2.05) is 0 Å². The van der Waals surface area contributed by atoms with Gasteiger partial charge in [0.25, 0.3) is 5.91 Å². The third kappa shape index (κ3) is 4.57. The van der Waals surface area contributed by atoms with Crippen molar-refractivity contribution in [2.24, 2.45) is 5.10 Å². The summed E-state index contributed by atoms with van der Waals surface area (Å²) in [5, 5.41) is 7.20. The van der Waals surface area contributed by atoms with E-state index in [4.69, 9.17) is 9.47 Å². The summed E-state index contributed by atoms with van der Waals surface area (Å²) in [4.78, 5) is 27.6. The predicted molar refractivity (Wildman–Crippen MR) is 124 cm³/mol. The lowest BCUT2D eigenvalue weighted by Crippen LogP contribution is -2.58. The monoisotopic (exact) mass is 497 g/mol. The van der Waals surface area contributed by atoms with Gasteiger partial charge in [0.2, 0.25) is 0 Å². The van der Waals surface area contributed by atoms with Gasteiger partial charge in [0, 0.05) is 18.8 Å². The first-order valence-corrected chi connectivity index (χ1v) is 11.4. The van der Waals surface area contributed by atoms with Crippen molar-refractivity contribution in [1.29, 1.82) is 0 Å². The number of alkyl halides is 3. The topological polar surface area (TPSA) is 95.5 Å². The molecule has 0 spiro atoms. The molecule has 1 fully saturated rings. The molecule has 192 valence electrons. The number of carbonyl (C=O) groups is 2. The largest absolute Gasteiger partial charge is 0.483 e. The first-order valence-electron chi connectivity index (χ1n) is 11.4. The van der Waals surface area contributed by atoms with Gasteiger partial charge in [-0.3, -0.25) is 4.79 Å². The van der Waals surface area contributed by atoms with Crippen molar-refractivity contribution in [2.45, 2.75) is 70.8 Å². The Hall–Kier alpha value is -3.18. The summed E-state index contributed by atoms with van der Waals surface area (Å²) in [6.45, 7) is 9.78. The molecule has 0 aliphatic carbocycles. The maximum atomic E-state index is 14.1. The average molecular weight is 498 g/mol. The van der Waals surface area contributed by atoms with Gasteiger partial charge in [0.1, 0.15) is 24.0 Å². The minimum absolute atomic E-state index is 0.00831. The van der Waals surface area contributed by atoms with Crippen LogP contribution < -0.4 is 20.4 Å². The van der Waals surface area contributed by atoms with Gasteiger partial charge in [-0.2, -0.15) is 18.3 Å². The lowest BCUT2D eigenvalue weighted by atomic mass is 9.82. The number of anilines is 2. The van der Waals surface area contributed by atoms with Crippen LogP contribution in [0, 0.1) is 0 Å². The van der Waals surface area contributed by atoms with Gasteiger partial charge >= 0.3 is 12.3 Å². The molecule has 1 aromatic rings. The minimum atomic E-state index is -4.53. The van der Waals surface area contributed by atoms with E-state index < -0.39 is 29.3 Å². The summed E-state index contributed by atoms with van der Waals surface area (Å²) in [6, 6.07) is 2.05. The Morgan fingerprint density at radius 2 is 1.86 bits per heavy atom. The van der Waals surface area contributed by atoms with E-state index in [0.717, 1.165) is 13.8 Å². The second kappa shape index (κ2) is 8.20. The average Bonchev–Trinajstić information content (AvgIpc) is 2.69. The Bertz CT molecular complexity index is 1070. The van der Waals surface area contributed by atoms with Crippen LogP contribution in [-0.2, 0) is 14.9 Å². The maximum absolute atomic E-state index is 14.1. The van der Waals surface area contributed by atoms with Crippen LogP contribution in [0.1, 0.15) is 47.1 Å². The number of ether oxygens (including phenoxy) is 2. The van der Waals surface area contributed by atoms with Crippen LogP contribution in [0.3, 0.4) is 0 Å². The van der Waals surface area contributed by atoms with E-state index in [1.165, 1.54) is 11.0 Å². The maximum Gasteiger partial charge on any atom is 0.410 e. The third-order valence-corrected chi connectivity index (χ3v) is 6.33. The smallest absolute Gasteiger partial charge is 0.410 e. The fourth-order valence-corrected chi connectivity index (χ4v) is 4.13. The number of hydrogen-bond acceptors (Lipinski definition) is 7. The molecule has 9 nitrogen and oxygen atoms in total. The molecule has 12 heteroatoms. The Kier molecular flexibility index (Phi) is 5.84. The number of hydrogen-bond donors (Lipinski definition) is 2. The molecule has 2 N–H and O–H groups in total. The van der Waals surface area contributed by atoms with Crippen molar-refractivity contribution in [3.63, 3.8) is 0 Å². The molecule has 0 saturated carbocycles. The molecule has 0 aromatic heterocycles. The minimum Gasteiger partial charge on any atom is -0.483 e. The van der Waals surface area contributed by atoms with Crippen molar-refractivity contribution in [3.05, 3.63) is 17.7 Å². The van der Waals surface area contributed by atoms with Gasteiger partial charge in [-0.15, -0.1) is 0 Å². The van der Waals surface area contributed by atoms with Crippen molar-refractivity contribution in [3.8, 4) is 5.75 Å². The molecule has 2 amide bonds. The standard InChI is InChI=1S/C23H30F3N5O4/c1-12-19(32)29-28-18-11-34-17-7-14(22(5,6)23(24,25)26)15(8-16(17)31(12)18)27-13-9-30(10-13)20(33)35-21(2,3)4/h7-8,12-13,27H,9-11H2,1-6H3,(H,29,32). The molecule has 1 aromatic carbocycles. The van der Waals surface area contributed by atoms with E-state index in [-0.39, 0.29) is 48.6 Å². The number of amides is 2. The zero-order valence-electron chi connectivity index (χ0n) is 20.5. The van der Waals surface area contributed by atoms with Crippen molar-refractivity contribution in [1.82, 2.24) is 10.3 Å². The number of amidine groups is 1. The summed E-state index contributed by atoms with van der Waals surface area (Å²) >= 11 is 0. The molecule has 1 saturated heterocycles. The van der Waals surface area contributed by atoms with E-state index in [0.29, 0.717) is 11.5 Å². The van der Waals surface area contributed by atoms with Crippen molar-refractivity contribution >= 4 is 29.2 Å². The van der Waals surface area contributed by atoms with Crippen LogP contribution in [-0.4, -0.2) is 66.3 Å². The molecule has 1 unspecified atom stereocenters. The number of carbonyl (C=O) groups excluding carboxylic acids is 2. The Morgan fingerprint density at radius 1 is 1.20 bits per heavy atom. The molecule has 3 heterocycles. The van der Waals surface area contributed by atoms with Crippen LogP contribution >= 0.6 is 0 Å². The fraction of sp³-hybridized carbons (Fsp3) is 0.609. The normalized spacial score (nSPS) is 20.7. The highest BCUT2D eigenvalue weighted by atomic mass is 19.4. The molecule has 3 aliphatic rings. The zero-order valence-corrected chi connectivity index (χ0v) is 20.5. The van der Waals surface area contributed by atoms with Crippen LogP contribution in [0.5, 0.6) is 5.75 Å². The van der Waals surface area contributed by atoms with Gasteiger partial charge in [-0.1, -0.05) is 0 Å². The predicted octanol–water partition coefficient (Wildman–Crippen LogP) is 3.59. The molecule has 4 rings (SSSR count). The van der Waals surface area contributed by atoms with Crippen LogP contribution in [0.4, 0.5) is 29.3 Å². The molecule has 3 aliphatic heterocycles. The number of benzene rings is 1. The Labute approximate surface area is 201 Å². The molecular formula is C23H30F3N5O4. The summed E-state index contributed by atoms with van der Waals surface area (Å²) < 4.78 is 53.2. The van der Waals surface area contributed by atoms with E-state index in [1.54, 1.807) is 38.7 Å². The third-order valence-electron chi connectivity index (χ3n) is 6.33. The quantitative estimate of drug-likeness (QED) is 0.663. The fourth-order valence-electron chi connectivity index (χ4n) is 4.13. The number of nitrogens with zero attached hydrogens (tertiary/aromatic N) is 3. The molecule has 0 bridgehead atoms. The summed E-state index contributed by atoms with van der Waals surface area (Å²) in [5.74, 6) is 0.369. The molecular weight excluding hydrogens is 467 g/mol. The summed E-state index contributed by atoms with van der Waals surface area (Å²) in [6.07, 6.45) is -5.00. The van der Waals surface area contributed by atoms with Gasteiger partial charge in [-0.05, 0) is 59.2 Å². The molecule has 35 heavy (non-hydrogen) atoms. The Morgan fingerprint density at radius 3 is 2.46 bits per heavy atom. The van der Waals surface area contributed by atoms with Gasteiger partial charge in [0.05, 0.1) is 17.1 Å². The second-order valence-corrected chi connectivity index (χ2v) is 10.6. The molecule has 1 atom stereocenters. The number of rotatable bonds is 3. The first kappa shape index (κ1) is 24.9. The van der Waals surface area contributed by atoms with Crippen LogP contribution in [0.2, 0.25) is 0 Å². The number of nitrogens with one attached hydrogen (secondary N) is 2. The van der Waals surface area contributed by atoms with Crippen LogP contribution in [0.15, 0.2) is 17.2 Å². The Balaban J connectivity index is 1.67. The van der Waals surface area contributed by atoms with Gasteiger partial charge in [-0.25, -0.2) is 10.2 Å². The van der Waals surface area contributed by atoms with Crippen molar-refractivity contribution in [2.75, 3.05) is 29.9 Å². The van der Waals surface area contributed by atoms with Gasteiger partial charge < -0.3 is 24.6 Å². The highest BCUT2D eigenvalue weighted by Crippen LogP contribution is 2.48. The number of halogens is 3. The zero-order chi connectivity index (χ0) is 25.9. The number of likely N-dealkylation sites (tertiary alicyclic amines) is 1. The first-order chi connectivity index (χ1) is 16.1. The van der Waals surface area contributed by atoms with E-state index in [9.17, 15) is 22.8 Å².